The number of esters is 1. The summed E-state index contributed by atoms with van der Waals surface area (Å²) in [5.41, 5.74) is 1.91. The summed E-state index contributed by atoms with van der Waals surface area (Å²) >= 11 is 1.28. The Morgan fingerprint density at radius 1 is 1.10 bits per heavy atom. The highest BCUT2D eigenvalue weighted by Gasteiger charge is 2.30. The molecular formula is C22H22N2O5S. The minimum absolute atomic E-state index is 0.142. The number of nitrogens with zero attached hydrogens (tertiary/aromatic N) is 2. The molecule has 1 fully saturated rings. The van der Waals surface area contributed by atoms with Crippen LogP contribution < -0.4 is 9.47 Å². The van der Waals surface area contributed by atoms with E-state index in [9.17, 15) is 9.59 Å². The first-order chi connectivity index (χ1) is 14.5. The maximum Gasteiger partial charge on any atom is 0.338 e. The van der Waals surface area contributed by atoms with Gasteiger partial charge in [0.25, 0.3) is 5.91 Å². The number of amidine groups is 1. The Morgan fingerprint density at radius 3 is 2.43 bits per heavy atom. The molecule has 3 rings (SSSR count). The van der Waals surface area contributed by atoms with E-state index >= 15 is 0 Å². The number of hydrogen-bond acceptors (Lipinski definition) is 7. The van der Waals surface area contributed by atoms with Crippen molar-refractivity contribution < 1.29 is 23.8 Å². The molecule has 0 unspecified atom stereocenters. The summed E-state index contributed by atoms with van der Waals surface area (Å²) in [5.74, 6) is 0.693. The number of aliphatic imine (C=N–C) groups is 1. The van der Waals surface area contributed by atoms with Crippen molar-refractivity contribution in [3.8, 4) is 11.5 Å². The summed E-state index contributed by atoms with van der Waals surface area (Å²) in [6.45, 7) is 2.08. The highest BCUT2D eigenvalue weighted by Crippen LogP contribution is 2.35. The van der Waals surface area contributed by atoms with Crippen molar-refractivity contribution in [3.05, 3.63) is 58.5 Å². The molecule has 1 aliphatic heterocycles. The molecule has 0 bridgehead atoms. The van der Waals surface area contributed by atoms with E-state index in [1.54, 1.807) is 64.6 Å². The van der Waals surface area contributed by atoms with Crippen molar-refractivity contribution in [2.24, 2.45) is 4.99 Å². The standard InChI is InChI=1S/C22H22N2O5S/c1-5-29-21(26)15-7-9-16(10-8-15)23-22-24(2)20(25)19(30-22)13-14-6-11-17(27-3)18(12-14)28-4/h6-13H,5H2,1-4H3. The van der Waals surface area contributed by atoms with Gasteiger partial charge in [0.1, 0.15) is 0 Å². The molecular weight excluding hydrogens is 404 g/mol. The molecule has 156 valence electrons. The van der Waals surface area contributed by atoms with Gasteiger partial charge >= 0.3 is 5.97 Å². The number of thioether (sulfide) groups is 1. The lowest BCUT2D eigenvalue weighted by atomic mass is 10.2. The predicted octanol–water partition coefficient (Wildman–Crippen LogP) is 4.11. The van der Waals surface area contributed by atoms with Crippen LogP contribution in [-0.4, -0.2) is 49.8 Å². The lowest BCUT2D eigenvalue weighted by Crippen LogP contribution is -2.23. The van der Waals surface area contributed by atoms with Crippen LogP contribution in [0.2, 0.25) is 0 Å². The molecule has 1 heterocycles. The molecule has 1 saturated heterocycles. The lowest BCUT2D eigenvalue weighted by molar-refractivity contribution is -0.121. The highest BCUT2D eigenvalue weighted by atomic mass is 32.2. The monoisotopic (exact) mass is 426 g/mol. The van der Waals surface area contributed by atoms with Gasteiger partial charge in [-0.1, -0.05) is 6.07 Å². The largest absolute Gasteiger partial charge is 0.493 e. The van der Waals surface area contributed by atoms with E-state index in [-0.39, 0.29) is 11.9 Å². The molecule has 0 aliphatic carbocycles. The molecule has 0 radical (unpaired) electrons. The first kappa shape index (κ1) is 21.4. The van der Waals surface area contributed by atoms with E-state index in [0.29, 0.717) is 39.4 Å². The second kappa shape index (κ2) is 9.49. The van der Waals surface area contributed by atoms with Crippen LogP contribution >= 0.6 is 11.8 Å². The number of methoxy groups -OCH3 is 2. The second-order valence-electron chi connectivity index (χ2n) is 6.25. The van der Waals surface area contributed by atoms with Crippen LogP contribution in [0.15, 0.2) is 52.4 Å². The number of benzene rings is 2. The fourth-order valence-electron chi connectivity index (χ4n) is 2.74. The maximum atomic E-state index is 12.6. The zero-order valence-corrected chi connectivity index (χ0v) is 18.0. The summed E-state index contributed by atoms with van der Waals surface area (Å²) in [4.78, 5) is 31.0. The fourth-order valence-corrected chi connectivity index (χ4v) is 3.73. The van der Waals surface area contributed by atoms with Crippen molar-refractivity contribution in [2.45, 2.75) is 6.92 Å². The summed E-state index contributed by atoms with van der Waals surface area (Å²) in [7, 11) is 4.82. The van der Waals surface area contributed by atoms with Gasteiger partial charge in [0.15, 0.2) is 16.7 Å². The first-order valence-electron chi connectivity index (χ1n) is 9.22. The number of amides is 1. The van der Waals surface area contributed by atoms with Crippen molar-refractivity contribution >= 4 is 40.6 Å². The normalized spacial score (nSPS) is 16.3. The SMILES string of the molecule is CCOC(=O)c1ccc(N=C2SC(=Cc3ccc(OC)c(OC)c3)C(=O)N2C)cc1. The summed E-state index contributed by atoms with van der Waals surface area (Å²) in [6, 6.07) is 12.2. The van der Waals surface area contributed by atoms with Crippen LogP contribution in [0.1, 0.15) is 22.8 Å². The van der Waals surface area contributed by atoms with Gasteiger partial charge in [0.05, 0.1) is 37.0 Å². The van der Waals surface area contributed by atoms with Crippen LogP contribution in [-0.2, 0) is 9.53 Å². The summed E-state index contributed by atoms with van der Waals surface area (Å²) in [6.07, 6.45) is 1.79. The van der Waals surface area contributed by atoms with Gasteiger partial charge in [-0.15, -0.1) is 0 Å². The Labute approximate surface area is 179 Å². The van der Waals surface area contributed by atoms with Crippen molar-refractivity contribution in [1.29, 1.82) is 0 Å². The number of rotatable bonds is 6. The van der Waals surface area contributed by atoms with Gasteiger partial charge < -0.3 is 14.2 Å². The number of ether oxygens (including phenoxy) is 3. The number of likely N-dealkylation sites (N-methyl/N-ethyl adjacent to an activating group) is 1. The zero-order chi connectivity index (χ0) is 21.7. The molecule has 1 amide bonds. The Balaban J connectivity index is 1.82. The molecule has 8 heteroatoms. The van der Waals surface area contributed by atoms with E-state index in [1.165, 1.54) is 16.7 Å². The van der Waals surface area contributed by atoms with Crippen LogP contribution in [0.5, 0.6) is 11.5 Å². The number of carbonyl (C=O) groups excluding carboxylic acids is 2. The lowest BCUT2D eigenvalue weighted by Gasteiger charge is -2.08. The average Bonchev–Trinajstić information content (AvgIpc) is 3.02. The van der Waals surface area contributed by atoms with Gasteiger partial charge in [-0.3, -0.25) is 9.69 Å². The van der Waals surface area contributed by atoms with Crippen LogP contribution in [0, 0.1) is 0 Å². The van der Waals surface area contributed by atoms with Crippen LogP contribution in [0.3, 0.4) is 0 Å². The summed E-state index contributed by atoms with van der Waals surface area (Å²) in [5, 5.41) is 0.551. The minimum Gasteiger partial charge on any atom is -0.493 e. The van der Waals surface area contributed by atoms with Crippen molar-refractivity contribution in [3.63, 3.8) is 0 Å². The summed E-state index contributed by atoms with van der Waals surface area (Å²) < 4.78 is 15.5. The fraction of sp³-hybridized carbons (Fsp3) is 0.227. The predicted molar refractivity (Wildman–Crippen MR) is 117 cm³/mol. The maximum absolute atomic E-state index is 12.6. The Kier molecular flexibility index (Phi) is 6.79. The first-order valence-corrected chi connectivity index (χ1v) is 10.0. The van der Waals surface area contributed by atoms with Gasteiger partial charge in [-0.2, -0.15) is 0 Å². The number of carbonyl (C=O) groups is 2. The Morgan fingerprint density at radius 2 is 1.80 bits per heavy atom. The second-order valence-corrected chi connectivity index (χ2v) is 7.26. The molecule has 2 aromatic carbocycles. The third kappa shape index (κ3) is 4.65. The quantitative estimate of drug-likeness (QED) is 0.511. The molecule has 0 aromatic heterocycles. The van der Waals surface area contributed by atoms with Crippen molar-refractivity contribution in [1.82, 2.24) is 4.90 Å². The Hall–Kier alpha value is -3.26. The van der Waals surface area contributed by atoms with Crippen LogP contribution in [0.4, 0.5) is 5.69 Å². The van der Waals surface area contributed by atoms with E-state index in [2.05, 4.69) is 4.99 Å². The number of hydrogen-bond donors (Lipinski definition) is 0. The van der Waals surface area contributed by atoms with Gasteiger partial charge in [-0.25, -0.2) is 9.79 Å². The minimum atomic E-state index is -0.376. The highest BCUT2D eigenvalue weighted by molar-refractivity contribution is 8.18. The molecule has 1 aliphatic rings. The molecule has 2 aromatic rings. The third-order valence-electron chi connectivity index (χ3n) is 4.31. The third-order valence-corrected chi connectivity index (χ3v) is 5.37. The van der Waals surface area contributed by atoms with Crippen molar-refractivity contribution in [2.75, 3.05) is 27.9 Å². The van der Waals surface area contributed by atoms with E-state index in [0.717, 1.165) is 5.56 Å². The van der Waals surface area contributed by atoms with E-state index in [4.69, 9.17) is 14.2 Å². The molecule has 0 N–H and O–H groups in total. The zero-order valence-electron chi connectivity index (χ0n) is 17.2. The van der Waals surface area contributed by atoms with Gasteiger partial charge in [-0.05, 0) is 66.7 Å². The van der Waals surface area contributed by atoms with Crippen LogP contribution in [0.25, 0.3) is 6.08 Å². The molecule has 7 nitrogen and oxygen atoms in total. The topological polar surface area (TPSA) is 77.4 Å². The Bertz CT molecular complexity index is 1010. The molecule has 0 saturated carbocycles. The average molecular weight is 426 g/mol. The van der Waals surface area contributed by atoms with E-state index in [1.807, 2.05) is 12.1 Å². The van der Waals surface area contributed by atoms with E-state index < -0.39 is 0 Å². The van der Waals surface area contributed by atoms with Gasteiger partial charge in [0.2, 0.25) is 0 Å². The van der Waals surface area contributed by atoms with Gasteiger partial charge in [0, 0.05) is 7.05 Å². The molecule has 0 spiro atoms. The smallest absolute Gasteiger partial charge is 0.338 e. The molecule has 0 atom stereocenters. The molecule has 30 heavy (non-hydrogen) atoms.